The Labute approximate surface area is 168 Å². The molecule has 140 valence electrons. The van der Waals surface area contributed by atoms with E-state index in [0.717, 1.165) is 34.3 Å². The highest BCUT2D eigenvalue weighted by Gasteiger charge is 2.15. The van der Waals surface area contributed by atoms with E-state index in [1.807, 2.05) is 77.6 Å². The second kappa shape index (κ2) is 7.48. The monoisotopic (exact) mass is 378 g/mol. The van der Waals surface area contributed by atoms with Crippen LogP contribution in [0.15, 0.2) is 114 Å². The van der Waals surface area contributed by atoms with Crippen LogP contribution in [0.3, 0.4) is 0 Å². The molecule has 3 aromatic heterocycles. The summed E-state index contributed by atoms with van der Waals surface area (Å²) >= 11 is 0. The molecule has 29 heavy (non-hydrogen) atoms. The molecule has 0 aliphatic rings. The fraction of sp³-hybridized carbons (Fsp3) is 0. The number of pyridine rings is 1. The Morgan fingerprint density at radius 1 is 0.759 bits per heavy atom. The zero-order valence-electron chi connectivity index (χ0n) is 15.6. The summed E-state index contributed by atoms with van der Waals surface area (Å²) in [5.41, 5.74) is 3.79. The van der Waals surface area contributed by atoms with Crippen molar-refractivity contribution in [2.75, 3.05) is 4.90 Å². The van der Waals surface area contributed by atoms with E-state index in [9.17, 15) is 0 Å². The van der Waals surface area contributed by atoms with Crippen LogP contribution in [0.1, 0.15) is 0 Å². The van der Waals surface area contributed by atoms with Crippen LogP contribution in [-0.4, -0.2) is 14.8 Å². The van der Waals surface area contributed by atoms with Crippen molar-refractivity contribution in [1.29, 1.82) is 0 Å². The molecule has 5 rings (SSSR count). The largest absolute Gasteiger partial charge is 0.463 e. The van der Waals surface area contributed by atoms with Crippen LogP contribution in [0, 0.1) is 0 Å². The van der Waals surface area contributed by atoms with Crippen molar-refractivity contribution in [3.63, 3.8) is 0 Å². The molecule has 0 saturated carbocycles. The van der Waals surface area contributed by atoms with Gasteiger partial charge in [0.2, 0.25) is 0 Å². The first-order valence-corrected chi connectivity index (χ1v) is 9.35. The van der Waals surface area contributed by atoms with Crippen LogP contribution < -0.4 is 4.90 Å². The molecule has 0 saturated heterocycles. The summed E-state index contributed by atoms with van der Waals surface area (Å²) in [6.07, 6.45) is 5.37. The summed E-state index contributed by atoms with van der Waals surface area (Å²) in [7, 11) is 0. The van der Waals surface area contributed by atoms with Crippen molar-refractivity contribution in [3.05, 3.63) is 110 Å². The van der Waals surface area contributed by atoms with Crippen molar-refractivity contribution < 1.29 is 4.42 Å². The molecule has 0 bridgehead atoms. The van der Waals surface area contributed by atoms with Gasteiger partial charge < -0.3 is 4.42 Å². The Morgan fingerprint density at radius 3 is 2.41 bits per heavy atom. The number of hydrogen-bond donors (Lipinski definition) is 0. The molecule has 0 radical (unpaired) electrons. The molecule has 0 amide bonds. The van der Waals surface area contributed by atoms with Crippen LogP contribution in [0.4, 0.5) is 17.2 Å². The predicted molar refractivity (Wildman–Crippen MR) is 114 cm³/mol. The SMILES string of the molecule is c1ccc(N(c2cccc(-n3cccn3)c2)c2cccc(-c3ccco3)n2)cc1. The van der Waals surface area contributed by atoms with Crippen LogP contribution in [0.2, 0.25) is 0 Å². The lowest BCUT2D eigenvalue weighted by atomic mass is 10.2. The van der Waals surface area contributed by atoms with Crippen LogP contribution in [0.25, 0.3) is 17.1 Å². The van der Waals surface area contributed by atoms with E-state index in [1.165, 1.54) is 0 Å². The zero-order valence-corrected chi connectivity index (χ0v) is 15.6. The van der Waals surface area contributed by atoms with E-state index in [2.05, 4.69) is 34.3 Å². The number of benzene rings is 2. The molecule has 0 atom stereocenters. The van der Waals surface area contributed by atoms with E-state index in [1.54, 1.807) is 12.5 Å². The van der Waals surface area contributed by atoms with Gasteiger partial charge in [-0.15, -0.1) is 0 Å². The van der Waals surface area contributed by atoms with Crippen LogP contribution in [-0.2, 0) is 0 Å². The van der Waals surface area contributed by atoms with E-state index in [4.69, 9.17) is 9.40 Å². The second-order valence-electron chi connectivity index (χ2n) is 6.50. The molecule has 5 heteroatoms. The summed E-state index contributed by atoms with van der Waals surface area (Å²) in [4.78, 5) is 6.99. The highest BCUT2D eigenvalue weighted by Crippen LogP contribution is 2.35. The standard InChI is InChI=1S/C24H18N4O/c1-2-8-19(9-3-1)28(21-11-4-10-20(18-21)27-16-7-15-25-27)24-14-5-12-22(26-24)23-13-6-17-29-23/h1-18H. The minimum absolute atomic E-state index is 0.741. The lowest BCUT2D eigenvalue weighted by Crippen LogP contribution is -2.12. The molecule has 5 nitrogen and oxygen atoms in total. The lowest BCUT2D eigenvalue weighted by molar-refractivity contribution is 0.580. The number of para-hydroxylation sites is 1. The first kappa shape index (κ1) is 17.0. The summed E-state index contributed by atoms with van der Waals surface area (Å²) < 4.78 is 7.39. The van der Waals surface area contributed by atoms with Crippen molar-refractivity contribution in [2.24, 2.45) is 0 Å². The Kier molecular flexibility index (Phi) is 4.39. The lowest BCUT2D eigenvalue weighted by Gasteiger charge is -2.25. The number of nitrogens with zero attached hydrogens (tertiary/aromatic N) is 4. The van der Waals surface area contributed by atoms with Gasteiger partial charge in [-0.05, 0) is 60.7 Å². The number of anilines is 3. The third kappa shape index (κ3) is 3.41. The highest BCUT2D eigenvalue weighted by atomic mass is 16.3. The number of hydrogen-bond acceptors (Lipinski definition) is 4. The van der Waals surface area contributed by atoms with Gasteiger partial charge in [0.25, 0.3) is 0 Å². The minimum Gasteiger partial charge on any atom is -0.463 e. The maximum atomic E-state index is 5.54. The molecule has 0 N–H and O–H groups in total. The van der Waals surface area contributed by atoms with Gasteiger partial charge in [0.1, 0.15) is 11.5 Å². The Hall–Kier alpha value is -4.12. The third-order valence-electron chi connectivity index (χ3n) is 4.61. The molecular formula is C24H18N4O. The van der Waals surface area contributed by atoms with Gasteiger partial charge in [-0.1, -0.05) is 30.3 Å². The van der Waals surface area contributed by atoms with Gasteiger partial charge in [-0.3, -0.25) is 4.90 Å². The smallest absolute Gasteiger partial charge is 0.152 e. The van der Waals surface area contributed by atoms with Crippen LogP contribution in [0.5, 0.6) is 0 Å². The molecular weight excluding hydrogens is 360 g/mol. The van der Waals surface area contributed by atoms with Gasteiger partial charge >= 0.3 is 0 Å². The summed E-state index contributed by atoms with van der Waals surface area (Å²) in [6.45, 7) is 0. The Bertz CT molecular complexity index is 1120. The first-order valence-electron chi connectivity index (χ1n) is 9.35. The van der Waals surface area contributed by atoms with Crippen molar-refractivity contribution in [1.82, 2.24) is 14.8 Å². The molecule has 0 aliphatic heterocycles. The zero-order chi connectivity index (χ0) is 19.5. The second-order valence-corrected chi connectivity index (χ2v) is 6.50. The molecule has 0 aliphatic carbocycles. The van der Waals surface area contributed by atoms with E-state index < -0.39 is 0 Å². The number of furan rings is 1. The molecule has 0 unspecified atom stereocenters. The van der Waals surface area contributed by atoms with Crippen molar-refractivity contribution in [2.45, 2.75) is 0 Å². The molecule has 2 aromatic carbocycles. The Morgan fingerprint density at radius 2 is 1.62 bits per heavy atom. The molecule has 0 spiro atoms. The molecule has 0 fully saturated rings. The average molecular weight is 378 g/mol. The molecule has 3 heterocycles. The normalized spacial score (nSPS) is 10.8. The fourth-order valence-electron chi connectivity index (χ4n) is 3.30. The Balaban J connectivity index is 1.64. The topological polar surface area (TPSA) is 47.1 Å². The van der Waals surface area contributed by atoms with E-state index in [0.29, 0.717) is 0 Å². The van der Waals surface area contributed by atoms with E-state index in [-0.39, 0.29) is 0 Å². The summed E-state index contributed by atoms with van der Waals surface area (Å²) in [6, 6.07) is 30.1. The predicted octanol–water partition coefficient (Wildman–Crippen LogP) is 6.00. The number of rotatable bonds is 5. The van der Waals surface area contributed by atoms with Crippen molar-refractivity contribution >= 4 is 17.2 Å². The highest BCUT2D eigenvalue weighted by molar-refractivity contribution is 5.76. The van der Waals surface area contributed by atoms with Gasteiger partial charge in [-0.2, -0.15) is 5.10 Å². The van der Waals surface area contributed by atoms with Gasteiger partial charge in [0.15, 0.2) is 5.76 Å². The third-order valence-corrected chi connectivity index (χ3v) is 4.61. The van der Waals surface area contributed by atoms with E-state index >= 15 is 0 Å². The average Bonchev–Trinajstić information content (AvgIpc) is 3.50. The summed E-state index contributed by atoms with van der Waals surface area (Å²) in [5, 5.41) is 4.35. The summed E-state index contributed by atoms with van der Waals surface area (Å²) in [5.74, 6) is 1.55. The fourth-order valence-corrected chi connectivity index (χ4v) is 3.30. The minimum atomic E-state index is 0.741. The number of aromatic nitrogens is 3. The van der Waals surface area contributed by atoms with Gasteiger partial charge in [-0.25, -0.2) is 9.67 Å². The van der Waals surface area contributed by atoms with Gasteiger partial charge in [0.05, 0.1) is 12.0 Å². The molecule has 5 aromatic rings. The quantitative estimate of drug-likeness (QED) is 0.376. The maximum absolute atomic E-state index is 5.54. The van der Waals surface area contributed by atoms with Gasteiger partial charge in [0, 0.05) is 23.8 Å². The van der Waals surface area contributed by atoms with Crippen LogP contribution >= 0.6 is 0 Å². The van der Waals surface area contributed by atoms with Crippen molar-refractivity contribution in [3.8, 4) is 17.1 Å². The maximum Gasteiger partial charge on any atom is 0.152 e. The first-order chi connectivity index (χ1) is 14.4.